The molecule has 0 aliphatic heterocycles. The molecule has 4 heteroatoms. The Balaban J connectivity index is 1.80. The summed E-state index contributed by atoms with van der Waals surface area (Å²) in [5.74, 6) is 0. The van der Waals surface area contributed by atoms with E-state index in [4.69, 9.17) is 16.3 Å². The van der Waals surface area contributed by atoms with Crippen LogP contribution in [-0.2, 0) is 11.3 Å². The third kappa shape index (κ3) is 4.18. The van der Waals surface area contributed by atoms with Gasteiger partial charge >= 0.3 is 0 Å². The van der Waals surface area contributed by atoms with Crippen molar-refractivity contribution in [2.24, 2.45) is 0 Å². The van der Waals surface area contributed by atoms with Gasteiger partial charge in [-0.25, -0.2) is 0 Å². The Morgan fingerprint density at radius 1 is 1.32 bits per heavy atom. The SMILES string of the molecule is CC(C)OCCCNCc1sc2ccccc2c1Cl. The van der Waals surface area contributed by atoms with Crippen molar-refractivity contribution in [3.63, 3.8) is 0 Å². The van der Waals surface area contributed by atoms with Gasteiger partial charge in [-0.2, -0.15) is 0 Å². The van der Waals surface area contributed by atoms with Gasteiger partial charge in [0.2, 0.25) is 0 Å². The Hall–Kier alpha value is -0.610. The third-order valence-electron chi connectivity index (χ3n) is 2.84. The van der Waals surface area contributed by atoms with Crippen molar-refractivity contribution < 1.29 is 4.74 Å². The lowest BCUT2D eigenvalue weighted by Crippen LogP contribution is -2.16. The summed E-state index contributed by atoms with van der Waals surface area (Å²) in [6, 6.07) is 8.27. The highest BCUT2D eigenvalue weighted by Crippen LogP contribution is 2.34. The van der Waals surface area contributed by atoms with Crippen LogP contribution in [0.3, 0.4) is 0 Å². The van der Waals surface area contributed by atoms with E-state index in [0.717, 1.165) is 36.5 Å². The topological polar surface area (TPSA) is 21.3 Å². The van der Waals surface area contributed by atoms with E-state index in [0.29, 0.717) is 6.10 Å². The molecule has 0 fully saturated rings. The number of benzene rings is 1. The number of hydrogen-bond donors (Lipinski definition) is 1. The van der Waals surface area contributed by atoms with Gasteiger partial charge in [0, 0.05) is 28.1 Å². The van der Waals surface area contributed by atoms with E-state index in [1.807, 2.05) is 6.07 Å². The van der Waals surface area contributed by atoms with Gasteiger partial charge in [0.25, 0.3) is 0 Å². The molecule has 0 unspecified atom stereocenters. The van der Waals surface area contributed by atoms with Gasteiger partial charge in [-0.15, -0.1) is 11.3 Å². The average molecular weight is 298 g/mol. The van der Waals surface area contributed by atoms with Gasteiger partial charge < -0.3 is 10.1 Å². The van der Waals surface area contributed by atoms with Crippen LogP contribution in [0.25, 0.3) is 10.1 Å². The van der Waals surface area contributed by atoms with E-state index >= 15 is 0 Å². The molecule has 2 nitrogen and oxygen atoms in total. The summed E-state index contributed by atoms with van der Waals surface area (Å²) in [4.78, 5) is 1.22. The minimum atomic E-state index is 0.317. The van der Waals surface area contributed by atoms with Gasteiger partial charge in [-0.3, -0.25) is 0 Å². The lowest BCUT2D eigenvalue weighted by Gasteiger charge is -2.07. The minimum Gasteiger partial charge on any atom is -0.379 e. The summed E-state index contributed by atoms with van der Waals surface area (Å²) < 4.78 is 6.76. The molecule has 0 atom stereocenters. The zero-order valence-electron chi connectivity index (χ0n) is 11.4. The highest BCUT2D eigenvalue weighted by molar-refractivity contribution is 7.19. The molecule has 104 valence electrons. The number of hydrogen-bond acceptors (Lipinski definition) is 3. The first-order valence-electron chi connectivity index (χ1n) is 6.66. The average Bonchev–Trinajstić information content (AvgIpc) is 2.71. The molecule has 0 aliphatic carbocycles. The predicted octanol–water partition coefficient (Wildman–Crippen LogP) is 4.46. The molecule has 0 amide bonds. The zero-order chi connectivity index (χ0) is 13.7. The van der Waals surface area contributed by atoms with E-state index in [2.05, 4.69) is 37.4 Å². The second-order valence-corrected chi connectivity index (χ2v) is 6.30. The van der Waals surface area contributed by atoms with Crippen LogP contribution in [0.2, 0.25) is 5.02 Å². The standard InChI is InChI=1S/C15H20ClNOS/c1-11(2)18-9-5-8-17-10-14-15(16)12-6-3-4-7-13(12)19-14/h3-4,6-7,11,17H,5,8-10H2,1-2H3. The normalized spacial score (nSPS) is 11.6. The first-order chi connectivity index (χ1) is 9.18. The van der Waals surface area contributed by atoms with Crippen LogP contribution in [0.15, 0.2) is 24.3 Å². The summed E-state index contributed by atoms with van der Waals surface area (Å²) >= 11 is 8.15. The van der Waals surface area contributed by atoms with Crippen molar-refractivity contribution in [3.8, 4) is 0 Å². The molecule has 0 aliphatic rings. The zero-order valence-corrected chi connectivity index (χ0v) is 13.0. The second kappa shape index (κ2) is 7.25. The Morgan fingerprint density at radius 3 is 2.84 bits per heavy atom. The molecule has 19 heavy (non-hydrogen) atoms. The van der Waals surface area contributed by atoms with Crippen molar-refractivity contribution in [1.29, 1.82) is 0 Å². The molecule has 1 aromatic carbocycles. The molecular weight excluding hydrogens is 278 g/mol. The van der Waals surface area contributed by atoms with Crippen LogP contribution < -0.4 is 5.32 Å². The smallest absolute Gasteiger partial charge is 0.0636 e. The van der Waals surface area contributed by atoms with Crippen molar-refractivity contribution in [3.05, 3.63) is 34.2 Å². The summed E-state index contributed by atoms with van der Waals surface area (Å²) in [5, 5.41) is 5.48. The number of halogens is 1. The van der Waals surface area contributed by atoms with E-state index in [1.165, 1.54) is 9.58 Å². The maximum absolute atomic E-state index is 6.38. The lowest BCUT2D eigenvalue weighted by atomic mass is 10.2. The number of fused-ring (bicyclic) bond motifs is 1. The molecule has 1 N–H and O–H groups in total. The van der Waals surface area contributed by atoms with Crippen molar-refractivity contribution in [2.75, 3.05) is 13.2 Å². The van der Waals surface area contributed by atoms with Gasteiger partial charge in [0.15, 0.2) is 0 Å². The maximum atomic E-state index is 6.38. The van der Waals surface area contributed by atoms with E-state index in [1.54, 1.807) is 11.3 Å². The molecule has 0 radical (unpaired) electrons. The predicted molar refractivity (Wildman–Crippen MR) is 84.2 cm³/mol. The highest BCUT2D eigenvalue weighted by Gasteiger charge is 2.08. The van der Waals surface area contributed by atoms with Crippen molar-refractivity contribution in [2.45, 2.75) is 32.9 Å². The molecular formula is C15H20ClNOS. The maximum Gasteiger partial charge on any atom is 0.0636 e. The Labute approximate surface area is 123 Å². The molecule has 0 saturated heterocycles. The number of nitrogens with one attached hydrogen (secondary N) is 1. The van der Waals surface area contributed by atoms with Crippen molar-refractivity contribution in [1.82, 2.24) is 5.32 Å². The number of ether oxygens (including phenoxy) is 1. The van der Waals surface area contributed by atoms with Crippen LogP contribution >= 0.6 is 22.9 Å². The van der Waals surface area contributed by atoms with Crippen LogP contribution in [0.1, 0.15) is 25.1 Å². The third-order valence-corrected chi connectivity index (χ3v) is 4.55. The van der Waals surface area contributed by atoms with Gasteiger partial charge in [-0.1, -0.05) is 29.8 Å². The van der Waals surface area contributed by atoms with E-state index in [-0.39, 0.29) is 0 Å². The fraction of sp³-hybridized carbons (Fsp3) is 0.467. The Kier molecular flexibility index (Phi) is 5.64. The molecule has 1 aromatic heterocycles. The van der Waals surface area contributed by atoms with Crippen LogP contribution in [0.4, 0.5) is 0 Å². The van der Waals surface area contributed by atoms with Crippen LogP contribution in [0, 0.1) is 0 Å². The van der Waals surface area contributed by atoms with E-state index in [9.17, 15) is 0 Å². The second-order valence-electron chi connectivity index (χ2n) is 4.79. The first kappa shape index (κ1) is 14.8. The molecule has 2 rings (SSSR count). The van der Waals surface area contributed by atoms with Gasteiger partial charge in [-0.05, 0) is 32.9 Å². The Bertz CT molecular complexity index is 524. The highest BCUT2D eigenvalue weighted by atomic mass is 35.5. The summed E-state index contributed by atoms with van der Waals surface area (Å²) in [5.41, 5.74) is 0. The summed E-state index contributed by atoms with van der Waals surface area (Å²) in [7, 11) is 0. The first-order valence-corrected chi connectivity index (χ1v) is 7.86. The lowest BCUT2D eigenvalue weighted by molar-refractivity contribution is 0.0770. The largest absolute Gasteiger partial charge is 0.379 e. The minimum absolute atomic E-state index is 0.317. The number of rotatable bonds is 7. The molecule has 0 bridgehead atoms. The summed E-state index contributed by atoms with van der Waals surface area (Å²) in [6.45, 7) is 6.72. The molecule has 1 heterocycles. The molecule has 2 aromatic rings. The Morgan fingerprint density at radius 2 is 2.11 bits per heavy atom. The summed E-state index contributed by atoms with van der Waals surface area (Å²) in [6.07, 6.45) is 1.35. The fourth-order valence-electron chi connectivity index (χ4n) is 1.90. The van der Waals surface area contributed by atoms with E-state index < -0.39 is 0 Å². The van der Waals surface area contributed by atoms with Crippen LogP contribution in [-0.4, -0.2) is 19.3 Å². The number of thiophene rings is 1. The molecule has 0 saturated carbocycles. The van der Waals surface area contributed by atoms with Crippen LogP contribution in [0.5, 0.6) is 0 Å². The van der Waals surface area contributed by atoms with Crippen molar-refractivity contribution >= 4 is 33.0 Å². The molecule has 0 spiro atoms. The fourth-order valence-corrected chi connectivity index (χ4v) is 3.37. The van der Waals surface area contributed by atoms with Gasteiger partial charge in [0.1, 0.15) is 0 Å². The van der Waals surface area contributed by atoms with Gasteiger partial charge in [0.05, 0.1) is 11.1 Å². The monoisotopic (exact) mass is 297 g/mol. The quantitative estimate of drug-likeness (QED) is 0.762.